The highest BCUT2D eigenvalue weighted by Gasteiger charge is 2.40. The van der Waals surface area contributed by atoms with Gasteiger partial charge in [-0.05, 0) is 60.7 Å². The summed E-state index contributed by atoms with van der Waals surface area (Å²) in [6.07, 6.45) is 3.70. The summed E-state index contributed by atoms with van der Waals surface area (Å²) < 4.78 is 1.81. The predicted octanol–water partition coefficient (Wildman–Crippen LogP) is 4.40. The summed E-state index contributed by atoms with van der Waals surface area (Å²) in [7, 11) is 0. The third kappa shape index (κ3) is 3.80. The molecule has 0 amide bonds. The number of aryl methyl sites for hydroxylation is 2. The molecule has 3 heterocycles. The molecule has 7 nitrogen and oxygen atoms in total. The maximum absolute atomic E-state index is 14.0. The van der Waals surface area contributed by atoms with Gasteiger partial charge >= 0.3 is 0 Å². The first kappa shape index (κ1) is 22.8. The number of phenolic OH excluding ortho intramolecular Hbond substituents is 1. The minimum atomic E-state index is -0.256. The van der Waals surface area contributed by atoms with Crippen LogP contribution in [0.1, 0.15) is 22.4 Å². The van der Waals surface area contributed by atoms with Crippen LogP contribution in [0.4, 0.5) is 0 Å². The topological polar surface area (TPSA) is 96.2 Å². The highest BCUT2D eigenvalue weighted by Crippen LogP contribution is 2.32. The highest BCUT2D eigenvalue weighted by atomic mass is 16.3. The van der Waals surface area contributed by atoms with Gasteiger partial charge in [0, 0.05) is 17.5 Å². The molecule has 0 saturated carbocycles. The number of nitrogens with two attached hydrogens (primary N) is 1. The van der Waals surface area contributed by atoms with Gasteiger partial charge in [0.15, 0.2) is 0 Å². The molecule has 0 radical (unpaired) electrons. The van der Waals surface area contributed by atoms with Gasteiger partial charge in [0.05, 0.1) is 35.3 Å². The van der Waals surface area contributed by atoms with Crippen molar-refractivity contribution in [3.63, 3.8) is 0 Å². The summed E-state index contributed by atoms with van der Waals surface area (Å²) >= 11 is 0. The number of aromatic hydroxyl groups is 1. The molecule has 1 aromatic heterocycles. The lowest BCUT2D eigenvalue weighted by Gasteiger charge is -2.28. The van der Waals surface area contributed by atoms with E-state index in [0.29, 0.717) is 17.8 Å². The molecule has 2 atom stereocenters. The molecule has 3 aromatic carbocycles. The van der Waals surface area contributed by atoms with E-state index in [1.165, 1.54) is 0 Å². The number of hydrogen-bond donors (Lipinski definition) is 2. The van der Waals surface area contributed by atoms with Crippen LogP contribution in [-0.2, 0) is 6.54 Å². The van der Waals surface area contributed by atoms with Crippen molar-refractivity contribution < 1.29 is 5.11 Å². The van der Waals surface area contributed by atoms with Crippen LogP contribution in [0.5, 0.6) is 5.75 Å². The van der Waals surface area contributed by atoms with E-state index in [0.717, 1.165) is 39.2 Å². The van der Waals surface area contributed by atoms with Crippen LogP contribution in [0.2, 0.25) is 0 Å². The number of hydrazone groups is 1. The van der Waals surface area contributed by atoms with Crippen LogP contribution in [0.3, 0.4) is 0 Å². The first-order chi connectivity index (χ1) is 17.9. The Balaban J connectivity index is 1.53. The van der Waals surface area contributed by atoms with Crippen LogP contribution >= 0.6 is 0 Å². The number of hydrogen-bond acceptors (Lipinski definition) is 6. The minimum Gasteiger partial charge on any atom is -0.508 e. The Morgan fingerprint density at radius 2 is 1.76 bits per heavy atom. The number of nitrogens with zero attached hydrogens (tertiary/aromatic N) is 4. The summed E-state index contributed by atoms with van der Waals surface area (Å²) in [5.74, 6) is 0.381. The van der Waals surface area contributed by atoms with Gasteiger partial charge in [-0.15, -0.1) is 0 Å². The zero-order chi connectivity index (χ0) is 25.7. The van der Waals surface area contributed by atoms with Gasteiger partial charge in [-0.25, -0.2) is 4.99 Å². The fourth-order valence-electron chi connectivity index (χ4n) is 5.42. The molecule has 7 heteroatoms. The lowest BCUT2D eigenvalue weighted by Crippen LogP contribution is -2.42. The van der Waals surface area contributed by atoms with Crippen molar-refractivity contribution in [2.24, 2.45) is 21.7 Å². The number of rotatable bonds is 4. The SMILES string of the molecule is Cc1ccccc1-n1c(CN2N=C(c3cccc(O)c3)C3C(N)=NC=CC32)cc2cccc(C)c2c1=O. The average molecular weight is 490 g/mol. The van der Waals surface area contributed by atoms with Crippen LogP contribution < -0.4 is 11.3 Å². The van der Waals surface area contributed by atoms with Gasteiger partial charge in [-0.1, -0.05) is 48.5 Å². The minimum absolute atomic E-state index is 0.0481. The molecule has 0 spiro atoms. The molecule has 0 bridgehead atoms. The molecule has 4 aromatic rings. The molecule has 0 fully saturated rings. The zero-order valence-corrected chi connectivity index (χ0v) is 20.7. The Labute approximate surface area is 214 Å². The average Bonchev–Trinajstić information content (AvgIpc) is 3.25. The maximum atomic E-state index is 14.0. The van der Waals surface area contributed by atoms with Gasteiger partial charge in [0.2, 0.25) is 0 Å². The van der Waals surface area contributed by atoms with Crippen LogP contribution in [-0.4, -0.2) is 32.3 Å². The summed E-state index contributed by atoms with van der Waals surface area (Å²) in [6, 6.07) is 22.8. The van der Waals surface area contributed by atoms with E-state index in [-0.39, 0.29) is 23.3 Å². The first-order valence-corrected chi connectivity index (χ1v) is 12.3. The Hall–Kier alpha value is -4.65. The highest BCUT2D eigenvalue weighted by molar-refractivity contribution is 6.16. The second kappa shape index (κ2) is 8.78. The third-order valence-corrected chi connectivity index (χ3v) is 7.20. The molecule has 37 heavy (non-hydrogen) atoms. The quantitative estimate of drug-likeness (QED) is 0.444. The van der Waals surface area contributed by atoms with E-state index in [2.05, 4.69) is 11.1 Å². The normalized spacial score (nSPS) is 18.6. The number of phenols is 1. The fourth-order valence-corrected chi connectivity index (χ4v) is 5.42. The Bertz CT molecular complexity index is 1700. The third-order valence-electron chi connectivity index (χ3n) is 7.20. The maximum Gasteiger partial charge on any atom is 0.263 e. The van der Waals surface area contributed by atoms with Crippen LogP contribution in [0.25, 0.3) is 16.5 Å². The van der Waals surface area contributed by atoms with Crippen molar-refractivity contribution in [3.05, 3.63) is 118 Å². The van der Waals surface area contributed by atoms with Crippen molar-refractivity contribution in [3.8, 4) is 11.4 Å². The summed E-state index contributed by atoms with van der Waals surface area (Å²) in [6.45, 7) is 4.37. The first-order valence-electron chi connectivity index (χ1n) is 12.3. The van der Waals surface area contributed by atoms with Gasteiger partial charge in [-0.2, -0.15) is 5.10 Å². The Morgan fingerprint density at radius 1 is 0.973 bits per heavy atom. The number of amidine groups is 1. The van der Waals surface area contributed by atoms with Crippen LogP contribution in [0.15, 0.2) is 100.0 Å². The van der Waals surface area contributed by atoms with Gasteiger partial charge in [-0.3, -0.25) is 14.4 Å². The van der Waals surface area contributed by atoms with Gasteiger partial charge < -0.3 is 10.8 Å². The van der Waals surface area contributed by atoms with Crippen molar-refractivity contribution >= 4 is 22.3 Å². The van der Waals surface area contributed by atoms with E-state index in [9.17, 15) is 9.90 Å². The molecular weight excluding hydrogens is 462 g/mol. The van der Waals surface area contributed by atoms with Crippen molar-refractivity contribution in [2.75, 3.05) is 0 Å². The molecular formula is C30H27N5O2. The van der Waals surface area contributed by atoms with E-state index < -0.39 is 0 Å². The molecule has 2 aliphatic rings. The predicted molar refractivity (Wildman–Crippen MR) is 147 cm³/mol. The van der Waals surface area contributed by atoms with Crippen LogP contribution in [0, 0.1) is 19.8 Å². The largest absolute Gasteiger partial charge is 0.508 e. The molecule has 0 saturated heterocycles. The summed E-state index contributed by atoms with van der Waals surface area (Å²) in [5, 5.41) is 18.7. The number of fused-ring (bicyclic) bond motifs is 2. The summed E-state index contributed by atoms with van der Waals surface area (Å²) in [4.78, 5) is 18.3. The number of aromatic nitrogens is 1. The molecule has 0 aliphatic carbocycles. The fraction of sp³-hybridized carbons (Fsp3) is 0.167. The van der Waals surface area contributed by atoms with Crippen molar-refractivity contribution in [1.29, 1.82) is 0 Å². The Morgan fingerprint density at radius 3 is 2.57 bits per heavy atom. The van der Waals surface area contributed by atoms with Crippen molar-refractivity contribution in [2.45, 2.75) is 26.4 Å². The second-order valence-corrected chi connectivity index (χ2v) is 9.60. The standard InChI is InChI=1S/C30H27N5O2/c1-18-7-3-4-12-24(18)35-22(15-20-9-5-8-19(2)26(20)30(35)37)17-34-25-13-14-32-29(31)27(25)28(33-34)21-10-6-11-23(36)16-21/h3-16,25,27,36H,17H2,1-2H3,(H2,31,32). The van der Waals surface area contributed by atoms with E-state index >= 15 is 0 Å². The van der Waals surface area contributed by atoms with E-state index in [4.69, 9.17) is 10.8 Å². The molecule has 2 aliphatic heterocycles. The lowest BCUT2D eigenvalue weighted by molar-refractivity contribution is 0.239. The number of aliphatic imine (C=N–C) groups is 1. The number of benzene rings is 3. The second-order valence-electron chi connectivity index (χ2n) is 9.60. The van der Waals surface area contributed by atoms with Gasteiger partial charge in [0.1, 0.15) is 11.6 Å². The smallest absolute Gasteiger partial charge is 0.263 e. The monoisotopic (exact) mass is 489 g/mol. The number of para-hydroxylation sites is 1. The van der Waals surface area contributed by atoms with Crippen molar-refractivity contribution in [1.82, 2.24) is 9.58 Å². The van der Waals surface area contributed by atoms with Gasteiger partial charge in [0.25, 0.3) is 5.56 Å². The lowest BCUT2D eigenvalue weighted by atomic mass is 9.88. The van der Waals surface area contributed by atoms with E-state index in [1.807, 2.05) is 78.0 Å². The Kier molecular flexibility index (Phi) is 5.41. The number of pyridine rings is 1. The molecule has 184 valence electrons. The summed E-state index contributed by atoms with van der Waals surface area (Å²) in [5.41, 5.74) is 11.5. The molecule has 6 rings (SSSR count). The molecule has 3 N–H and O–H groups in total. The molecule has 2 unspecified atom stereocenters. The zero-order valence-electron chi connectivity index (χ0n) is 20.7. The van der Waals surface area contributed by atoms with E-state index in [1.54, 1.807) is 24.4 Å².